The normalized spacial score (nSPS) is 27.2. The lowest BCUT2D eigenvalue weighted by atomic mass is 9.97. The summed E-state index contributed by atoms with van der Waals surface area (Å²) in [5.41, 5.74) is 0. The molecule has 148 valence electrons. The fourth-order valence-electron chi connectivity index (χ4n) is 2.98. The zero-order valence-corrected chi connectivity index (χ0v) is 16.9. The Labute approximate surface area is 155 Å². The van der Waals surface area contributed by atoms with Crippen molar-refractivity contribution in [3.63, 3.8) is 0 Å². The third-order valence-electron chi connectivity index (χ3n) is 4.50. The third-order valence-corrected chi connectivity index (χ3v) is 4.50. The highest BCUT2D eigenvalue weighted by molar-refractivity contribution is 4.99. The number of ether oxygens (including phenoxy) is 4. The van der Waals surface area contributed by atoms with E-state index in [0.29, 0.717) is 6.61 Å². The second-order valence-corrected chi connectivity index (χ2v) is 6.86. The van der Waals surface area contributed by atoms with Crippen LogP contribution in [0.5, 0.6) is 0 Å². The molecule has 0 saturated carbocycles. The summed E-state index contributed by atoms with van der Waals surface area (Å²) < 4.78 is 24.5. The Kier molecular flexibility index (Phi) is 13.3. The van der Waals surface area contributed by atoms with Crippen molar-refractivity contribution in [1.82, 2.24) is 0 Å². The summed E-state index contributed by atoms with van der Waals surface area (Å²) in [4.78, 5) is 0. The van der Waals surface area contributed by atoms with E-state index in [1.165, 1.54) is 0 Å². The molecule has 0 aliphatic carbocycles. The van der Waals surface area contributed by atoms with Crippen molar-refractivity contribution in [3.8, 4) is 0 Å². The molecule has 0 aromatic heterocycles. The molecule has 25 heavy (non-hydrogen) atoms. The second-order valence-electron chi connectivity index (χ2n) is 6.86. The summed E-state index contributed by atoms with van der Waals surface area (Å²) in [7, 11) is 0. The van der Waals surface area contributed by atoms with E-state index >= 15 is 0 Å². The van der Waals surface area contributed by atoms with Crippen LogP contribution in [0.3, 0.4) is 0 Å². The first-order chi connectivity index (χ1) is 12.3. The maximum absolute atomic E-state index is 6.27. The van der Waals surface area contributed by atoms with Gasteiger partial charge < -0.3 is 18.9 Å². The monoisotopic (exact) mass is 356 g/mol. The van der Waals surface area contributed by atoms with Crippen LogP contribution in [0.25, 0.3) is 0 Å². The van der Waals surface area contributed by atoms with Crippen LogP contribution in [0.15, 0.2) is 12.2 Å². The van der Waals surface area contributed by atoms with Crippen molar-refractivity contribution in [1.29, 1.82) is 0 Å². The molecule has 1 saturated heterocycles. The summed E-state index contributed by atoms with van der Waals surface area (Å²) in [6.07, 6.45) is 11.8. The van der Waals surface area contributed by atoms with Crippen LogP contribution in [-0.2, 0) is 18.9 Å². The molecule has 1 aliphatic rings. The van der Waals surface area contributed by atoms with E-state index in [4.69, 9.17) is 18.9 Å². The Morgan fingerprint density at radius 1 is 0.920 bits per heavy atom. The smallest absolute Gasteiger partial charge is 0.113 e. The van der Waals surface area contributed by atoms with Gasteiger partial charge in [-0.05, 0) is 26.2 Å². The molecular formula is C21H40O4. The molecule has 0 aromatic carbocycles. The Bertz CT molecular complexity index is 332. The lowest BCUT2D eigenvalue weighted by Gasteiger charge is -2.40. The number of unbranched alkanes of at least 4 members (excludes halogenated alkanes) is 3. The highest BCUT2D eigenvalue weighted by Crippen LogP contribution is 2.27. The van der Waals surface area contributed by atoms with Crippen molar-refractivity contribution in [3.05, 3.63) is 12.2 Å². The van der Waals surface area contributed by atoms with E-state index in [2.05, 4.69) is 26.8 Å². The van der Waals surface area contributed by atoms with Crippen molar-refractivity contribution >= 4 is 0 Å². The molecule has 0 bridgehead atoms. The summed E-state index contributed by atoms with van der Waals surface area (Å²) in [5, 5.41) is 0. The molecule has 1 rings (SSSR count). The molecule has 1 heterocycles. The molecule has 0 amide bonds. The van der Waals surface area contributed by atoms with Gasteiger partial charge in [-0.2, -0.15) is 0 Å². The largest absolute Gasteiger partial charge is 0.379 e. The topological polar surface area (TPSA) is 36.9 Å². The molecule has 0 aromatic rings. The van der Waals surface area contributed by atoms with Gasteiger partial charge in [-0.25, -0.2) is 0 Å². The van der Waals surface area contributed by atoms with E-state index in [0.717, 1.165) is 64.8 Å². The lowest BCUT2D eigenvalue weighted by Crippen LogP contribution is -2.51. The van der Waals surface area contributed by atoms with Crippen molar-refractivity contribution in [2.75, 3.05) is 26.4 Å². The van der Waals surface area contributed by atoms with E-state index in [-0.39, 0.29) is 24.4 Å². The number of rotatable bonds is 14. The van der Waals surface area contributed by atoms with Gasteiger partial charge >= 0.3 is 0 Å². The van der Waals surface area contributed by atoms with Crippen LogP contribution in [0.1, 0.15) is 72.6 Å². The maximum atomic E-state index is 6.27. The average molecular weight is 357 g/mol. The summed E-state index contributed by atoms with van der Waals surface area (Å²) in [6, 6.07) is 0. The summed E-state index contributed by atoms with van der Waals surface area (Å²) >= 11 is 0. The van der Waals surface area contributed by atoms with Gasteiger partial charge in [-0.3, -0.25) is 0 Å². The first-order valence-electron chi connectivity index (χ1n) is 10.4. The summed E-state index contributed by atoms with van der Waals surface area (Å²) in [5.74, 6) is 0. The van der Waals surface area contributed by atoms with Crippen LogP contribution >= 0.6 is 0 Å². The fraction of sp³-hybridized carbons (Fsp3) is 0.905. The number of allylic oxidation sites excluding steroid dienone is 1. The van der Waals surface area contributed by atoms with Crippen LogP contribution in [-0.4, -0.2) is 50.8 Å². The van der Waals surface area contributed by atoms with Gasteiger partial charge in [0.05, 0.1) is 18.8 Å². The molecule has 4 atom stereocenters. The Hall–Kier alpha value is -0.420. The molecule has 4 heteroatoms. The quantitative estimate of drug-likeness (QED) is 0.327. The van der Waals surface area contributed by atoms with E-state index < -0.39 is 0 Å². The number of hydrogen-bond donors (Lipinski definition) is 0. The molecule has 1 aliphatic heterocycles. The second kappa shape index (κ2) is 14.7. The highest BCUT2D eigenvalue weighted by Gasteiger charge is 2.39. The first kappa shape index (κ1) is 22.6. The van der Waals surface area contributed by atoms with Gasteiger partial charge in [0.15, 0.2) is 0 Å². The van der Waals surface area contributed by atoms with Crippen molar-refractivity contribution < 1.29 is 18.9 Å². The zero-order valence-electron chi connectivity index (χ0n) is 16.9. The van der Waals surface area contributed by atoms with E-state index in [1.807, 2.05) is 13.0 Å². The van der Waals surface area contributed by atoms with Gasteiger partial charge in [0.1, 0.15) is 12.2 Å². The van der Waals surface area contributed by atoms with Crippen molar-refractivity contribution in [2.45, 2.75) is 97.1 Å². The minimum atomic E-state index is -0.0537. The minimum absolute atomic E-state index is 0.0218. The predicted octanol–water partition coefficient (Wildman–Crippen LogP) is 4.91. The highest BCUT2D eigenvalue weighted by atomic mass is 16.6. The molecule has 4 nitrogen and oxygen atoms in total. The molecule has 1 fully saturated rings. The van der Waals surface area contributed by atoms with E-state index in [1.54, 1.807) is 0 Å². The lowest BCUT2D eigenvalue weighted by molar-refractivity contribution is -0.197. The van der Waals surface area contributed by atoms with Crippen LogP contribution in [0.4, 0.5) is 0 Å². The first-order valence-corrected chi connectivity index (χ1v) is 10.4. The Morgan fingerprint density at radius 2 is 1.56 bits per heavy atom. The molecule has 0 radical (unpaired) electrons. The van der Waals surface area contributed by atoms with Crippen LogP contribution < -0.4 is 0 Å². The molecule has 0 N–H and O–H groups in total. The minimum Gasteiger partial charge on any atom is -0.379 e. The summed E-state index contributed by atoms with van der Waals surface area (Å²) in [6.45, 7) is 11.6. The zero-order chi connectivity index (χ0) is 18.3. The average Bonchev–Trinajstić information content (AvgIpc) is 2.61. The maximum Gasteiger partial charge on any atom is 0.113 e. The van der Waals surface area contributed by atoms with Gasteiger partial charge in [0.25, 0.3) is 0 Å². The van der Waals surface area contributed by atoms with Crippen LogP contribution in [0.2, 0.25) is 0 Å². The predicted molar refractivity (Wildman–Crippen MR) is 103 cm³/mol. The van der Waals surface area contributed by atoms with Crippen molar-refractivity contribution in [2.24, 2.45) is 0 Å². The molecule has 0 spiro atoms. The Balaban J connectivity index is 2.66. The third kappa shape index (κ3) is 9.18. The SMILES string of the molecule is CC=C[C@H]1O[C@H](COCCCC)C[C@H](OCCCC)[C@@H]1OCCCC. The standard InChI is InChI=1S/C21H40O4/c1-5-9-13-22-17-18-16-20(23-14-10-6-2)21(24-15-11-7-3)19(25-18)12-8-4/h8,12,18-21H,5-7,9-11,13-17H2,1-4H3/t18-,19+,20-,21+/m0/s1. The number of hydrogen-bond acceptors (Lipinski definition) is 4. The van der Waals surface area contributed by atoms with Crippen LogP contribution in [0, 0.1) is 0 Å². The van der Waals surface area contributed by atoms with E-state index in [9.17, 15) is 0 Å². The molecular weight excluding hydrogens is 316 g/mol. The van der Waals surface area contributed by atoms with Gasteiger partial charge in [-0.15, -0.1) is 0 Å². The van der Waals surface area contributed by atoms with Gasteiger partial charge in [0.2, 0.25) is 0 Å². The molecule has 0 unspecified atom stereocenters. The van der Waals surface area contributed by atoms with Gasteiger partial charge in [0, 0.05) is 26.2 Å². The Morgan fingerprint density at radius 3 is 2.20 bits per heavy atom. The fourth-order valence-corrected chi connectivity index (χ4v) is 2.98. The van der Waals surface area contributed by atoms with Gasteiger partial charge in [-0.1, -0.05) is 52.2 Å².